The first-order valence-corrected chi connectivity index (χ1v) is 12.6. The van der Waals surface area contributed by atoms with E-state index in [1.807, 2.05) is 79.4 Å². The Morgan fingerprint density at radius 2 is 1.64 bits per heavy atom. The highest BCUT2D eigenvalue weighted by molar-refractivity contribution is 5.86. The Labute approximate surface area is 212 Å². The van der Waals surface area contributed by atoms with Crippen molar-refractivity contribution in [2.75, 3.05) is 13.2 Å². The van der Waals surface area contributed by atoms with Gasteiger partial charge in [0.25, 0.3) is 0 Å². The van der Waals surface area contributed by atoms with Gasteiger partial charge in [0.2, 0.25) is 5.91 Å². The van der Waals surface area contributed by atoms with E-state index < -0.39 is 6.04 Å². The number of hydrogen-bond acceptors (Lipinski definition) is 6. The summed E-state index contributed by atoms with van der Waals surface area (Å²) >= 11 is 0. The molecule has 0 aromatic heterocycles. The van der Waals surface area contributed by atoms with Crippen LogP contribution < -0.4 is 15.6 Å². The summed E-state index contributed by atoms with van der Waals surface area (Å²) in [5, 5.41) is 10.6. The number of amides is 1. The predicted octanol–water partition coefficient (Wildman–Crippen LogP) is 4.72. The molecule has 4 unspecified atom stereocenters. The molecule has 4 atom stereocenters. The number of hydrogen-bond donors (Lipinski definition) is 3. The van der Waals surface area contributed by atoms with Crippen LogP contribution in [0.1, 0.15) is 43.5 Å². The number of rotatable bonds is 9. The van der Waals surface area contributed by atoms with Crippen LogP contribution in [0.2, 0.25) is 0 Å². The van der Waals surface area contributed by atoms with Gasteiger partial charge in [-0.05, 0) is 56.2 Å². The zero-order valence-electron chi connectivity index (χ0n) is 20.6. The second-order valence-corrected chi connectivity index (χ2v) is 9.62. The fraction of sp³-hybridized carbons (Fsp3) is 0.345. The number of carbonyl (C=O) groups excluding carboxylic acids is 1. The first-order valence-electron chi connectivity index (χ1n) is 12.6. The Kier molecular flexibility index (Phi) is 7.23. The number of nitrogens with zero attached hydrogens (tertiary/aromatic N) is 1. The molecule has 7 nitrogen and oxygen atoms in total. The fourth-order valence-electron chi connectivity index (χ4n) is 5.31. The van der Waals surface area contributed by atoms with Crippen LogP contribution in [0.25, 0.3) is 0 Å². The number of nitrogens with one attached hydrogen (secondary N) is 2. The number of aromatic hydroxyl groups is 1. The predicted molar refractivity (Wildman–Crippen MR) is 138 cm³/mol. The van der Waals surface area contributed by atoms with Crippen molar-refractivity contribution in [2.45, 2.75) is 44.5 Å². The fourth-order valence-corrected chi connectivity index (χ4v) is 5.31. The molecule has 0 aliphatic carbocycles. The van der Waals surface area contributed by atoms with E-state index in [0.717, 1.165) is 29.0 Å². The van der Waals surface area contributed by atoms with Crippen molar-refractivity contribution in [3.8, 4) is 17.2 Å². The van der Waals surface area contributed by atoms with Crippen LogP contribution in [0, 0.1) is 5.92 Å². The Hall–Kier alpha value is -3.39. The number of fused-ring (bicyclic) bond motifs is 1. The van der Waals surface area contributed by atoms with Gasteiger partial charge in [-0.25, -0.2) is 10.9 Å². The lowest BCUT2D eigenvalue weighted by Crippen LogP contribution is -2.41. The Morgan fingerprint density at radius 1 is 0.917 bits per heavy atom. The summed E-state index contributed by atoms with van der Waals surface area (Å²) in [5.74, 6) is 1.62. The number of carbonyl (C=O) groups is 1. The van der Waals surface area contributed by atoms with Gasteiger partial charge in [-0.3, -0.25) is 4.79 Å². The summed E-state index contributed by atoms with van der Waals surface area (Å²) in [6, 6.07) is 24.1. The third-order valence-electron chi connectivity index (χ3n) is 6.86. The number of hydrazine groups is 1. The maximum Gasteiger partial charge on any atom is 0.242 e. The lowest BCUT2D eigenvalue weighted by molar-refractivity contribution is -0.131. The highest BCUT2D eigenvalue weighted by atomic mass is 16.5. The van der Waals surface area contributed by atoms with Gasteiger partial charge in [-0.1, -0.05) is 48.5 Å². The SMILES string of the molecule is CC(C)OCCCN1C(=O)C2NNC(c3ccccc3O)C2C1c1cccc(Oc2ccccc2)c1. The van der Waals surface area contributed by atoms with Crippen LogP contribution in [0.4, 0.5) is 0 Å². The monoisotopic (exact) mass is 487 g/mol. The molecular weight excluding hydrogens is 454 g/mol. The van der Waals surface area contributed by atoms with E-state index in [9.17, 15) is 9.90 Å². The van der Waals surface area contributed by atoms with Crippen molar-refractivity contribution in [3.05, 3.63) is 90.0 Å². The molecule has 2 aliphatic rings. The van der Waals surface area contributed by atoms with E-state index in [4.69, 9.17) is 9.47 Å². The minimum Gasteiger partial charge on any atom is -0.508 e. The van der Waals surface area contributed by atoms with Crippen LogP contribution in [0.3, 0.4) is 0 Å². The molecular formula is C29H33N3O4. The van der Waals surface area contributed by atoms with Gasteiger partial charge < -0.3 is 19.5 Å². The van der Waals surface area contributed by atoms with Gasteiger partial charge in [-0.15, -0.1) is 0 Å². The summed E-state index contributed by atoms with van der Waals surface area (Å²) in [4.78, 5) is 15.6. The number of benzene rings is 3. The minimum atomic E-state index is -0.399. The molecule has 3 N–H and O–H groups in total. The van der Waals surface area contributed by atoms with E-state index in [0.29, 0.717) is 13.2 Å². The lowest BCUT2D eigenvalue weighted by Gasteiger charge is -2.31. The van der Waals surface area contributed by atoms with Gasteiger partial charge in [0.15, 0.2) is 0 Å². The van der Waals surface area contributed by atoms with Crippen LogP contribution in [0.15, 0.2) is 78.9 Å². The Bertz CT molecular complexity index is 1190. The van der Waals surface area contributed by atoms with Crippen LogP contribution in [-0.2, 0) is 9.53 Å². The molecule has 2 saturated heterocycles. The molecule has 0 radical (unpaired) electrons. The second kappa shape index (κ2) is 10.7. The summed E-state index contributed by atoms with van der Waals surface area (Å²) in [7, 11) is 0. The van der Waals surface area contributed by atoms with E-state index in [2.05, 4.69) is 16.9 Å². The molecule has 36 heavy (non-hydrogen) atoms. The molecule has 2 aliphatic heterocycles. The molecule has 1 amide bonds. The van der Waals surface area contributed by atoms with Crippen molar-refractivity contribution >= 4 is 5.91 Å². The third-order valence-corrected chi connectivity index (χ3v) is 6.86. The molecule has 3 aromatic rings. The van der Waals surface area contributed by atoms with Gasteiger partial charge in [0, 0.05) is 24.6 Å². The zero-order valence-corrected chi connectivity index (χ0v) is 20.6. The topological polar surface area (TPSA) is 83.1 Å². The van der Waals surface area contributed by atoms with E-state index in [1.165, 1.54) is 0 Å². The van der Waals surface area contributed by atoms with E-state index in [1.54, 1.807) is 12.1 Å². The van der Waals surface area contributed by atoms with Crippen molar-refractivity contribution < 1.29 is 19.4 Å². The van der Waals surface area contributed by atoms with E-state index >= 15 is 0 Å². The number of ether oxygens (including phenoxy) is 2. The highest BCUT2D eigenvalue weighted by Gasteiger charge is 2.55. The summed E-state index contributed by atoms with van der Waals surface area (Å²) in [6.45, 7) is 5.20. The molecule has 2 heterocycles. The van der Waals surface area contributed by atoms with Gasteiger partial charge >= 0.3 is 0 Å². The normalized spacial score (nSPS) is 23.3. The standard InChI is InChI=1S/C29H33N3O4/c1-19(2)35-17-9-16-32-28(20-10-8-13-22(18-20)36-21-11-4-3-5-12-21)25-26(30-31-27(25)29(32)34)23-14-6-7-15-24(23)33/h3-8,10-15,18-19,25-28,30-31,33H,9,16-17H2,1-2H3. The maximum atomic E-state index is 13.6. The quantitative estimate of drug-likeness (QED) is 0.379. The van der Waals surface area contributed by atoms with Crippen LogP contribution in [0.5, 0.6) is 17.2 Å². The van der Waals surface area contributed by atoms with Crippen molar-refractivity contribution in [1.29, 1.82) is 0 Å². The average molecular weight is 488 g/mol. The maximum absolute atomic E-state index is 13.6. The van der Waals surface area contributed by atoms with Crippen LogP contribution >= 0.6 is 0 Å². The van der Waals surface area contributed by atoms with Gasteiger partial charge in [0.05, 0.1) is 18.2 Å². The first kappa shape index (κ1) is 24.3. The Balaban J connectivity index is 1.48. The largest absolute Gasteiger partial charge is 0.508 e. The summed E-state index contributed by atoms with van der Waals surface area (Å²) in [5.41, 5.74) is 8.29. The molecule has 2 fully saturated rings. The number of phenolic OH excluding ortho intramolecular Hbond substituents is 1. The highest BCUT2D eigenvalue weighted by Crippen LogP contribution is 2.49. The second-order valence-electron chi connectivity index (χ2n) is 9.62. The Morgan fingerprint density at radius 3 is 2.42 bits per heavy atom. The smallest absolute Gasteiger partial charge is 0.242 e. The van der Waals surface area contributed by atoms with Gasteiger partial charge in [-0.2, -0.15) is 0 Å². The summed E-state index contributed by atoms with van der Waals surface area (Å²) in [6.07, 6.45) is 0.895. The van der Waals surface area contributed by atoms with Crippen LogP contribution in [-0.4, -0.2) is 41.2 Å². The molecule has 7 heteroatoms. The minimum absolute atomic E-state index is 0.0503. The number of para-hydroxylation sites is 2. The molecule has 0 bridgehead atoms. The van der Waals surface area contributed by atoms with Crippen molar-refractivity contribution in [1.82, 2.24) is 15.8 Å². The molecule has 3 aromatic carbocycles. The number of phenols is 1. The summed E-state index contributed by atoms with van der Waals surface area (Å²) < 4.78 is 11.9. The molecule has 5 rings (SSSR count). The number of likely N-dealkylation sites (tertiary alicyclic amines) is 1. The molecule has 188 valence electrons. The lowest BCUT2D eigenvalue weighted by atomic mass is 9.83. The average Bonchev–Trinajstić information content (AvgIpc) is 3.41. The van der Waals surface area contributed by atoms with E-state index in [-0.39, 0.29) is 35.8 Å². The van der Waals surface area contributed by atoms with Crippen molar-refractivity contribution in [2.24, 2.45) is 5.92 Å². The third kappa shape index (κ3) is 4.95. The first-order chi connectivity index (χ1) is 17.5. The van der Waals surface area contributed by atoms with Crippen molar-refractivity contribution in [3.63, 3.8) is 0 Å². The molecule has 0 spiro atoms. The molecule has 0 saturated carbocycles. The zero-order chi connectivity index (χ0) is 25.1. The van der Waals surface area contributed by atoms with Gasteiger partial charge in [0.1, 0.15) is 23.3 Å².